The zero-order chi connectivity index (χ0) is 10.3. The van der Waals surface area contributed by atoms with Gasteiger partial charge in [-0.25, -0.2) is 4.98 Å². The molecule has 0 radical (unpaired) electrons. The fraction of sp³-hybridized carbons (Fsp3) is 0.545. The van der Waals surface area contributed by atoms with Crippen molar-refractivity contribution in [2.45, 2.75) is 24.9 Å². The van der Waals surface area contributed by atoms with Crippen molar-refractivity contribution >= 4 is 17.4 Å². The molecule has 1 N–H and O–H groups in total. The molecule has 2 fully saturated rings. The Morgan fingerprint density at radius 3 is 2.67 bits per heavy atom. The lowest BCUT2D eigenvalue weighted by Crippen LogP contribution is -2.51. The number of aromatic nitrogens is 1. The number of hydrogen-bond donors (Lipinski definition) is 1. The molecule has 0 aromatic carbocycles. The van der Waals surface area contributed by atoms with Gasteiger partial charge in [-0.3, -0.25) is 0 Å². The average Bonchev–Trinajstić information content (AvgIpc) is 2.58. The van der Waals surface area contributed by atoms with Gasteiger partial charge in [-0.2, -0.15) is 0 Å². The van der Waals surface area contributed by atoms with Crippen molar-refractivity contribution in [3.05, 3.63) is 23.4 Å². The minimum atomic E-state index is 0.582. The lowest BCUT2D eigenvalue weighted by atomic mass is 10.2. The summed E-state index contributed by atoms with van der Waals surface area (Å²) in [4.78, 5) is 6.70. The molecule has 1 aromatic rings. The van der Waals surface area contributed by atoms with E-state index in [4.69, 9.17) is 11.6 Å². The summed E-state index contributed by atoms with van der Waals surface area (Å²) in [6.45, 7) is 2.12. The van der Waals surface area contributed by atoms with E-state index >= 15 is 0 Å². The van der Waals surface area contributed by atoms with Crippen molar-refractivity contribution < 1.29 is 0 Å². The highest BCUT2D eigenvalue weighted by Crippen LogP contribution is 2.24. The molecule has 3 rings (SSSR count). The number of anilines is 1. The van der Waals surface area contributed by atoms with Gasteiger partial charge in [0.1, 0.15) is 11.0 Å². The van der Waals surface area contributed by atoms with E-state index in [0.29, 0.717) is 17.2 Å². The van der Waals surface area contributed by atoms with Crippen LogP contribution in [-0.4, -0.2) is 30.2 Å². The van der Waals surface area contributed by atoms with Crippen LogP contribution in [0, 0.1) is 0 Å². The molecule has 2 aliphatic heterocycles. The SMILES string of the molecule is Clc1cccc(N2C[C@H]3CC[C@@H](C2)N3)n1. The van der Waals surface area contributed by atoms with Crippen LogP contribution in [0.25, 0.3) is 0 Å². The molecule has 80 valence electrons. The van der Waals surface area contributed by atoms with Crippen LogP contribution in [0.5, 0.6) is 0 Å². The highest BCUT2D eigenvalue weighted by Gasteiger charge is 2.32. The molecule has 0 amide bonds. The van der Waals surface area contributed by atoms with Gasteiger partial charge in [0.15, 0.2) is 0 Å². The van der Waals surface area contributed by atoms with Gasteiger partial charge in [-0.1, -0.05) is 17.7 Å². The molecule has 2 saturated heterocycles. The molecule has 2 atom stereocenters. The van der Waals surface area contributed by atoms with Crippen LogP contribution >= 0.6 is 11.6 Å². The van der Waals surface area contributed by atoms with Gasteiger partial charge in [0.05, 0.1) is 0 Å². The Hall–Kier alpha value is -0.800. The van der Waals surface area contributed by atoms with Crippen LogP contribution in [0.15, 0.2) is 18.2 Å². The molecule has 0 spiro atoms. The third kappa shape index (κ3) is 1.82. The molecule has 1 aromatic heterocycles. The Morgan fingerprint density at radius 1 is 1.27 bits per heavy atom. The summed E-state index contributed by atoms with van der Waals surface area (Å²) < 4.78 is 0. The van der Waals surface area contributed by atoms with E-state index in [2.05, 4.69) is 15.2 Å². The van der Waals surface area contributed by atoms with Gasteiger partial charge in [0.25, 0.3) is 0 Å². The standard InChI is InChI=1S/C11H14ClN3/c12-10-2-1-3-11(14-10)15-6-8-4-5-9(7-15)13-8/h1-3,8-9,13H,4-7H2/t8-,9+. The zero-order valence-electron chi connectivity index (χ0n) is 8.49. The molecule has 0 saturated carbocycles. The lowest BCUT2D eigenvalue weighted by Gasteiger charge is -2.33. The smallest absolute Gasteiger partial charge is 0.131 e. The van der Waals surface area contributed by atoms with Crippen molar-refractivity contribution in [3.8, 4) is 0 Å². The van der Waals surface area contributed by atoms with Crippen LogP contribution < -0.4 is 10.2 Å². The summed E-state index contributed by atoms with van der Waals surface area (Å²) >= 11 is 5.90. The van der Waals surface area contributed by atoms with Crippen molar-refractivity contribution in [2.24, 2.45) is 0 Å². The van der Waals surface area contributed by atoms with E-state index in [1.54, 1.807) is 0 Å². The monoisotopic (exact) mass is 223 g/mol. The minimum Gasteiger partial charge on any atom is -0.353 e. The molecule has 4 heteroatoms. The van der Waals surface area contributed by atoms with Crippen molar-refractivity contribution in [1.82, 2.24) is 10.3 Å². The Kier molecular flexibility index (Phi) is 2.29. The van der Waals surface area contributed by atoms with Crippen molar-refractivity contribution in [3.63, 3.8) is 0 Å². The Balaban J connectivity index is 1.83. The molecular formula is C11H14ClN3. The predicted molar refractivity (Wildman–Crippen MR) is 61.4 cm³/mol. The second-order valence-corrected chi connectivity index (χ2v) is 4.75. The van der Waals surface area contributed by atoms with E-state index < -0.39 is 0 Å². The van der Waals surface area contributed by atoms with Crippen LogP contribution in [0.4, 0.5) is 5.82 Å². The second kappa shape index (κ2) is 3.65. The summed E-state index contributed by atoms with van der Waals surface area (Å²) in [5.41, 5.74) is 0. The fourth-order valence-corrected chi connectivity index (χ4v) is 2.72. The molecule has 3 nitrogen and oxygen atoms in total. The van der Waals surface area contributed by atoms with E-state index in [1.165, 1.54) is 12.8 Å². The fourth-order valence-electron chi connectivity index (χ4n) is 2.56. The first-order valence-electron chi connectivity index (χ1n) is 5.45. The molecule has 2 bridgehead atoms. The third-order valence-corrected chi connectivity index (χ3v) is 3.45. The summed E-state index contributed by atoms with van der Waals surface area (Å²) in [7, 11) is 0. The first-order valence-corrected chi connectivity index (χ1v) is 5.82. The van der Waals surface area contributed by atoms with Gasteiger partial charge >= 0.3 is 0 Å². The van der Waals surface area contributed by atoms with Gasteiger partial charge in [0.2, 0.25) is 0 Å². The van der Waals surface area contributed by atoms with Crippen molar-refractivity contribution in [2.75, 3.05) is 18.0 Å². The third-order valence-electron chi connectivity index (χ3n) is 3.24. The number of halogens is 1. The van der Waals surface area contributed by atoms with Gasteiger partial charge in [-0.05, 0) is 25.0 Å². The maximum Gasteiger partial charge on any atom is 0.131 e. The number of rotatable bonds is 1. The number of nitrogens with zero attached hydrogens (tertiary/aromatic N) is 2. The molecular weight excluding hydrogens is 210 g/mol. The molecule has 3 heterocycles. The first kappa shape index (κ1) is 9.43. The molecule has 0 aliphatic carbocycles. The normalized spacial score (nSPS) is 29.5. The lowest BCUT2D eigenvalue weighted by molar-refractivity contribution is 0.463. The van der Waals surface area contributed by atoms with Gasteiger partial charge in [-0.15, -0.1) is 0 Å². The topological polar surface area (TPSA) is 28.2 Å². The largest absolute Gasteiger partial charge is 0.353 e. The molecule has 2 aliphatic rings. The van der Waals surface area contributed by atoms with Crippen LogP contribution in [-0.2, 0) is 0 Å². The van der Waals surface area contributed by atoms with E-state index in [0.717, 1.165) is 18.9 Å². The number of piperazine rings is 1. The number of nitrogens with one attached hydrogen (secondary N) is 1. The Morgan fingerprint density at radius 2 is 2.00 bits per heavy atom. The summed E-state index contributed by atoms with van der Waals surface area (Å²) in [5.74, 6) is 1.01. The van der Waals surface area contributed by atoms with Crippen LogP contribution in [0.2, 0.25) is 5.15 Å². The van der Waals surface area contributed by atoms with Gasteiger partial charge < -0.3 is 10.2 Å². The highest BCUT2D eigenvalue weighted by atomic mass is 35.5. The average molecular weight is 224 g/mol. The summed E-state index contributed by atoms with van der Waals surface area (Å²) in [6.07, 6.45) is 2.59. The summed E-state index contributed by atoms with van der Waals surface area (Å²) in [5, 5.41) is 4.18. The van der Waals surface area contributed by atoms with Crippen LogP contribution in [0.1, 0.15) is 12.8 Å². The second-order valence-electron chi connectivity index (χ2n) is 4.36. The number of fused-ring (bicyclic) bond motifs is 2. The maximum atomic E-state index is 5.90. The Bertz CT molecular complexity index is 357. The van der Waals surface area contributed by atoms with Crippen molar-refractivity contribution in [1.29, 1.82) is 0 Å². The minimum absolute atomic E-state index is 0.582. The first-order chi connectivity index (χ1) is 7.31. The van der Waals surface area contributed by atoms with E-state index in [-0.39, 0.29) is 0 Å². The van der Waals surface area contributed by atoms with Gasteiger partial charge in [0, 0.05) is 25.2 Å². The van der Waals surface area contributed by atoms with E-state index in [1.807, 2.05) is 18.2 Å². The summed E-state index contributed by atoms with van der Waals surface area (Å²) in [6, 6.07) is 7.11. The number of hydrogen-bond acceptors (Lipinski definition) is 3. The highest BCUT2D eigenvalue weighted by molar-refractivity contribution is 6.29. The Labute approximate surface area is 94.4 Å². The number of pyridine rings is 1. The maximum absolute atomic E-state index is 5.90. The molecule has 15 heavy (non-hydrogen) atoms. The van der Waals surface area contributed by atoms with E-state index in [9.17, 15) is 0 Å². The molecule has 0 unspecified atom stereocenters. The quantitative estimate of drug-likeness (QED) is 0.735. The predicted octanol–water partition coefficient (Wildman–Crippen LogP) is 1.68. The zero-order valence-corrected chi connectivity index (χ0v) is 9.24. The van der Waals surface area contributed by atoms with Crippen LogP contribution in [0.3, 0.4) is 0 Å².